The zero-order valence-corrected chi connectivity index (χ0v) is 15.9. The van der Waals surface area contributed by atoms with Crippen molar-refractivity contribution in [1.29, 1.82) is 0 Å². The number of hydrogen-bond acceptors (Lipinski definition) is 5. The van der Waals surface area contributed by atoms with Gasteiger partial charge in [-0.05, 0) is 46.2 Å². The van der Waals surface area contributed by atoms with Crippen molar-refractivity contribution in [2.75, 3.05) is 6.61 Å². The lowest BCUT2D eigenvalue weighted by Gasteiger charge is -2.20. The molecule has 0 bridgehead atoms. The number of aryl methyl sites for hydroxylation is 2. The minimum atomic E-state index is -0.735. The van der Waals surface area contributed by atoms with Crippen LogP contribution in [0.2, 0.25) is 0 Å². The van der Waals surface area contributed by atoms with Gasteiger partial charge in [0.2, 0.25) is 0 Å². The number of imide groups is 1. The molecule has 0 spiro atoms. The van der Waals surface area contributed by atoms with Gasteiger partial charge in [-0.1, -0.05) is 17.7 Å². The number of rotatable bonds is 6. The first-order valence-corrected chi connectivity index (χ1v) is 8.36. The number of benzene rings is 1. The van der Waals surface area contributed by atoms with E-state index in [2.05, 4.69) is 10.6 Å². The molecular weight excluding hydrogens is 336 g/mol. The minimum Gasteiger partial charge on any atom is -0.456 e. The number of hydrogen-bond donors (Lipinski definition) is 2. The lowest BCUT2D eigenvalue weighted by molar-refractivity contribution is -0.148. The summed E-state index contributed by atoms with van der Waals surface area (Å²) >= 11 is 0. The molecule has 3 amide bonds. The van der Waals surface area contributed by atoms with Crippen molar-refractivity contribution in [1.82, 2.24) is 10.6 Å². The Balaban J connectivity index is 2.38. The molecule has 0 unspecified atom stereocenters. The van der Waals surface area contributed by atoms with Crippen LogP contribution in [0.3, 0.4) is 0 Å². The number of esters is 1. The molecule has 0 saturated heterocycles. The van der Waals surface area contributed by atoms with Crippen LogP contribution in [0.25, 0.3) is 0 Å². The molecule has 142 valence electrons. The molecule has 1 rings (SSSR count). The Labute approximate surface area is 153 Å². The first-order valence-electron chi connectivity index (χ1n) is 8.36. The van der Waals surface area contributed by atoms with Crippen LogP contribution in [0.4, 0.5) is 4.79 Å². The van der Waals surface area contributed by atoms with Gasteiger partial charge in [-0.25, -0.2) is 4.79 Å². The Bertz CT molecular complexity index is 704. The van der Waals surface area contributed by atoms with E-state index in [0.717, 1.165) is 11.1 Å². The Hall–Kier alpha value is -2.70. The van der Waals surface area contributed by atoms with E-state index >= 15 is 0 Å². The summed E-state index contributed by atoms with van der Waals surface area (Å²) in [7, 11) is 0. The molecule has 0 aliphatic rings. The fourth-order valence-electron chi connectivity index (χ4n) is 2.14. The highest BCUT2D eigenvalue weighted by molar-refractivity contribution is 5.99. The Morgan fingerprint density at radius 3 is 2.31 bits per heavy atom. The van der Waals surface area contributed by atoms with Crippen molar-refractivity contribution < 1.29 is 23.9 Å². The highest BCUT2D eigenvalue weighted by Gasteiger charge is 2.17. The third-order valence-electron chi connectivity index (χ3n) is 3.36. The third-order valence-corrected chi connectivity index (χ3v) is 3.36. The van der Waals surface area contributed by atoms with Crippen LogP contribution < -0.4 is 10.6 Å². The number of amides is 3. The molecule has 7 nitrogen and oxygen atoms in total. The predicted octanol–water partition coefficient (Wildman–Crippen LogP) is 2.43. The Morgan fingerprint density at radius 1 is 1.04 bits per heavy atom. The molecule has 0 saturated carbocycles. The Kier molecular flexibility index (Phi) is 7.49. The maximum Gasteiger partial charge on any atom is 0.321 e. The van der Waals surface area contributed by atoms with Gasteiger partial charge in [-0.15, -0.1) is 0 Å². The molecule has 0 radical (unpaired) electrons. The van der Waals surface area contributed by atoms with E-state index in [1.807, 2.05) is 26.0 Å². The topological polar surface area (TPSA) is 102 Å². The van der Waals surface area contributed by atoms with E-state index < -0.39 is 30.1 Å². The first kappa shape index (κ1) is 21.3. The van der Waals surface area contributed by atoms with Crippen LogP contribution in [0.1, 0.15) is 55.1 Å². The van der Waals surface area contributed by atoms with Gasteiger partial charge in [-0.2, -0.15) is 0 Å². The van der Waals surface area contributed by atoms with Crippen LogP contribution in [0.5, 0.6) is 0 Å². The lowest BCUT2D eigenvalue weighted by Crippen LogP contribution is -2.49. The zero-order valence-electron chi connectivity index (χ0n) is 15.9. The second kappa shape index (κ2) is 9.12. The smallest absolute Gasteiger partial charge is 0.321 e. The van der Waals surface area contributed by atoms with Crippen molar-refractivity contribution in [2.45, 2.75) is 53.0 Å². The predicted molar refractivity (Wildman–Crippen MR) is 96.9 cm³/mol. The van der Waals surface area contributed by atoms with Crippen LogP contribution in [-0.2, 0) is 14.3 Å². The second-order valence-electron chi connectivity index (χ2n) is 7.15. The number of ketones is 1. The van der Waals surface area contributed by atoms with Gasteiger partial charge < -0.3 is 10.1 Å². The van der Waals surface area contributed by atoms with Gasteiger partial charge in [0.25, 0.3) is 5.91 Å². The van der Waals surface area contributed by atoms with Gasteiger partial charge in [0.15, 0.2) is 12.4 Å². The molecule has 0 heterocycles. The van der Waals surface area contributed by atoms with Crippen LogP contribution in [0, 0.1) is 13.8 Å². The second-order valence-corrected chi connectivity index (χ2v) is 7.15. The molecular formula is C19H26N2O5. The van der Waals surface area contributed by atoms with Crippen LogP contribution in [-0.4, -0.2) is 35.8 Å². The monoisotopic (exact) mass is 362 g/mol. The van der Waals surface area contributed by atoms with Gasteiger partial charge in [0.05, 0.1) is 6.42 Å². The summed E-state index contributed by atoms with van der Waals surface area (Å²) in [6.45, 7) is 8.45. The molecule has 26 heavy (non-hydrogen) atoms. The molecule has 0 atom stereocenters. The first-order chi connectivity index (χ1) is 12.0. The fraction of sp³-hybridized carbons (Fsp3) is 0.474. The largest absolute Gasteiger partial charge is 0.456 e. The molecule has 0 aliphatic carbocycles. The average Bonchev–Trinajstić information content (AvgIpc) is 2.51. The lowest BCUT2D eigenvalue weighted by atomic mass is 9.99. The normalized spacial score (nSPS) is 10.8. The highest BCUT2D eigenvalue weighted by atomic mass is 16.5. The molecule has 0 fully saturated rings. The van der Waals surface area contributed by atoms with Crippen LogP contribution in [0.15, 0.2) is 18.2 Å². The number of carbonyl (C=O) groups excluding carboxylic acids is 4. The maximum absolute atomic E-state index is 12.2. The quantitative estimate of drug-likeness (QED) is 0.598. The standard InChI is InChI=1S/C19H26N2O5/c1-12-6-7-13(2)14(10-12)15(22)8-9-17(24)26-11-16(23)20-18(25)21-19(3,4)5/h6-7,10H,8-9,11H2,1-5H3,(H2,20,21,23,25). The van der Waals surface area contributed by atoms with Crippen molar-refractivity contribution in [2.24, 2.45) is 0 Å². The summed E-state index contributed by atoms with van der Waals surface area (Å²) in [5, 5.41) is 4.61. The summed E-state index contributed by atoms with van der Waals surface area (Å²) in [6, 6.07) is 4.89. The molecule has 0 aliphatic heterocycles. The highest BCUT2D eigenvalue weighted by Crippen LogP contribution is 2.14. The van der Waals surface area contributed by atoms with Crippen molar-refractivity contribution >= 4 is 23.7 Å². The van der Waals surface area contributed by atoms with Gasteiger partial charge in [0.1, 0.15) is 0 Å². The zero-order chi connectivity index (χ0) is 19.9. The number of carbonyl (C=O) groups is 4. The molecule has 1 aromatic carbocycles. The summed E-state index contributed by atoms with van der Waals surface area (Å²) in [5.74, 6) is -1.56. The van der Waals surface area contributed by atoms with E-state index in [4.69, 9.17) is 4.74 Å². The fourth-order valence-corrected chi connectivity index (χ4v) is 2.14. The van der Waals surface area contributed by atoms with E-state index in [1.54, 1.807) is 26.8 Å². The number of ether oxygens (including phenoxy) is 1. The van der Waals surface area contributed by atoms with Gasteiger partial charge in [0, 0.05) is 17.5 Å². The molecule has 1 aromatic rings. The van der Waals surface area contributed by atoms with E-state index in [-0.39, 0.29) is 18.6 Å². The summed E-state index contributed by atoms with van der Waals surface area (Å²) in [6.07, 6.45) is -0.136. The van der Waals surface area contributed by atoms with E-state index in [9.17, 15) is 19.2 Å². The van der Waals surface area contributed by atoms with Gasteiger partial charge >= 0.3 is 12.0 Å². The molecule has 7 heteroatoms. The maximum atomic E-state index is 12.2. The SMILES string of the molecule is Cc1ccc(C)c(C(=O)CCC(=O)OCC(=O)NC(=O)NC(C)(C)C)c1. The summed E-state index contributed by atoms with van der Waals surface area (Å²) < 4.78 is 4.79. The van der Waals surface area contributed by atoms with E-state index in [1.165, 1.54) is 0 Å². The summed E-state index contributed by atoms with van der Waals surface area (Å²) in [5.41, 5.74) is 1.90. The third kappa shape index (κ3) is 7.92. The van der Waals surface area contributed by atoms with Crippen molar-refractivity contribution in [3.05, 3.63) is 34.9 Å². The van der Waals surface area contributed by atoms with Crippen molar-refractivity contribution in [3.8, 4) is 0 Å². The van der Waals surface area contributed by atoms with Gasteiger partial charge in [-0.3, -0.25) is 19.7 Å². The average molecular weight is 362 g/mol. The minimum absolute atomic E-state index is 0.00471. The van der Waals surface area contributed by atoms with E-state index in [0.29, 0.717) is 5.56 Å². The summed E-state index contributed by atoms with van der Waals surface area (Å²) in [4.78, 5) is 47.0. The Morgan fingerprint density at radius 2 is 1.69 bits per heavy atom. The number of urea groups is 1. The molecule has 0 aromatic heterocycles. The molecule has 2 N–H and O–H groups in total. The van der Waals surface area contributed by atoms with Crippen molar-refractivity contribution in [3.63, 3.8) is 0 Å². The number of Topliss-reactive ketones (excluding diaryl/α,β-unsaturated/α-hetero) is 1. The van der Waals surface area contributed by atoms with Crippen LogP contribution >= 0.6 is 0 Å². The number of nitrogens with one attached hydrogen (secondary N) is 2.